The summed E-state index contributed by atoms with van der Waals surface area (Å²) in [5, 5.41) is 0. The Morgan fingerprint density at radius 2 is 1.92 bits per heavy atom. The maximum Gasteiger partial charge on any atom is 0.0625 e. The van der Waals surface area contributed by atoms with E-state index in [-0.39, 0.29) is 5.60 Å². The van der Waals surface area contributed by atoms with Gasteiger partial charge in [-0.25, -0.2) is 0 Å². The van der Waals surface area contributed by atoms with E-state index in [0.717, 1.165) is 12.8 Å². The summed E-state index contributed by atoms with van der Waals surface area (Å²) in [5.74, 6) is 0.537. The van der Waals surface area contributed by atoms with E-state index in [9.17, 15) is 0 Å². The lowest BCUT2D eigenvalue weighted by Crippen LogP contribution is -2.34. The van der Waals surface area contributed by atoms with Gasteiger partial charge in [-0.3, -0.25) is 0 Å². The average molecular weight is 187 g/mol. The highest BCUT2D eigenvalue weighted by atomic mass is 16.5. The first-order chi connectivity index (χ1) is 5.93. The van der Waals surface area contributed by atoms with Crippen molar-refractivity contribution in [3.63, 3.8) is 0 Å². The molecule has 0 bridgehead atoms. The van der Waals surface area contributed by atoms with Gasteiger partial charge in [0.15, 0.2) is 0 Å². The molecule has 0 spiro atoms. The molecule has 0 aromatic carbocycles. The van der Waals surface area contributed by atoms with E-state index < -0.39 is 0 Å². The Labute approximate surface area is 82.8 Å². The molecule has 0 aliphatic rings. The first-order valence-corrected chi connectivity index (χ1v) is 5.23. The van der Waals surface area contributed by atoms with E-state index in [1.807, 2.05) is 0 Å². The maximum atomic E-state index is 6.03. The Morgan fingerprint density at radius 3 is 2.31 bits per heavy atom. The average Bonchev–Trinajstić information content (AvgIpc) is 2.04. The van der Waals surface area contributed by atoms with Gasteiger partial charge in [-0.1, -0.05) is 20.3 Å². The molecule has 13 heavy (non-hydrogen) atoms. The van der Waals surface area contributed by atoms with Crippen molar-refractivity contribution in [1.82, 2.24) is 0 Å². The van der Waals surface area contributed by atoms with Gasteiger partial charge in [0, 0.05) is 13.2 Å². The van der Waals surface area contributed by atoms with E-state index >= 15 is 0 Å². The number of ether oxygens (including phenoxy) is 1. The Bertz CT molecular complexity index is 134. The number of rotatable bonds is 6. The van der Waals surface area contributed by atoms with Crippen LogP contribution in [0.3, 0.4) is 0 Å². The lowest BCUT2D eigenvalue weighted by atomic mass is 9.88. The molecule has 2 N–H and O–H groups in total. The zero-order valence-electron chi connectivity index (χ0n) is 9.76. The van der Waals surface area contributed by atoms with Gasteiger partial charge in [-0.05, 0) is 32.6 Å². The summed E-state index contributed by atoms with van der Waals surface area (Å²) < 4.78 is 5.38. The second-order valence-corrected chi connectivity index (χ2v) is 4.60. The third kappa shape index (κ3) is 5.27. The summed E-state index contributed by atoms with van der Waals surface area (Å²) in [6.07, 6.45) is 3.31. The normalized spacial score (nSPS) is 17.1. The number of hydrogen-bond acceptors (Lipinski definition) is 2. The summed E-state index contributed by atoms with van der Waals surface area (Å²) in [7, 11) is 1.76. The van der Waals surface area contributed by atoms with Crippen LogP contribution in [0.4, 0.5) is 0 Å². The van der Waals surface area contributed by atoms with Crippen molar-refractivity contribution in [2.24, 2.45) is 11.7 Å². The van der Waals surface area contributed by atoms with Gasteiger partial charge >= 0.3 is 0 Å². The smallest absolute Gasteiger partial charge is 0.0625 e. The molecule has 0 amide bonds. The van der Waals surface area contributed by atoms with Crippen LogP contribution in [0.25, 0.3) is 0 Å². The topological polar surface area (TPSA) is 35.2 Å². The molecule has 0 aromatic heterocycles. The number of hydrogen-bond donors (Lipinski definition) is 1. The van der Waals surface area contributed by atoms with Crippen LogP contribution in [-0.4, -0.2) is 18.8 Å². The van der Waals surface area contributed by atoms with Gasteiger partial charge in [0.05, 0.1) is 5.60 Å². The Hall–Kier alpha value is -0.0800. The minimum atomic E-state index is -0.0369. The predicted molar refractivity (Wildman–Crippen MR) is 57.8 cm³/mol. The van der Waals surface area contributed by atoms with Gasteiger partial charge in [0.2, 0.25) is 0 Å². The summed E-state index contributed by atoms with van der Waals surface area (Å²) in [6.45, 7) is 8.61. The van der Waals surface area contributed by atoms with E-state index in [1.54, 1.807) is 7.11 Å². The largest absolute Gasteiger partial charge is 0.379 e. The molecule has 0 aliphatic carbocycles. The van der Waals surface area contributed by atoms with Crippen molar-refractivity contribution in [2.75, 3.05) is 7.11 Å². The molecule has 2 heteroatoms. The highest BCUT2D eigenvalue weighted by molar-refractivity contribution is 4.77. The van der Waals surface area contributed by atoms with Gasteiger partial charge in [0.1, 0.15) is 0 Å². The van der Waals surface area contributed by atoms with Crippen LogP contribution in [-0.2, 0) is 4.74 Å². The molecular formula is C11H25NO. The first-order valence-electron chi connectivity index (χ1n) is 5.23. The molecule has 2 nitrogen and oxygen atoms in total. The van der Waals surface area contributed by atoms with Crippen molar-refractivity contribution >= 4 is 0 Å². The quantitative estimate of drug-likeness (QED) is 0.693. The molecule has 0 saturated carbocycles. The van der Waals surface area contributed by atoms with E-state index in [0.29, 0.717) is 12.0 Å². The van der Waals surface area contributed by atoms with E-state index in [4.69, 9.17) is 10.5 Å². The summed E-state index contributed by atoms with van der Waals surface area (Å²) >= 11 is 0. The summed E-state index contributed by atoms with van der Waals surface area (Å²) in [6, 6.07) is 0.319. The van der Waals surface area contributed by atoms with Gasteiger partial charge < -0.3 is 10.5 Å². The molecule has 0 heterocycles. The molecular weight excluding hydrogens is 162 g/mol. The number of nitrogens with two attached hydrogens (primary N) is 1. The first kappa shape index (κ1) is 12.9. The monoisotopic (exact) mass is 187 g/mol. The third-order valence-corrected chi connectivity index (χ3v) is 2.72. The van der Waals surface area contributed by atoms with Crippen LogP contribution in [0.5, 0.6) is 0 Å². The fraction of sp³-hybridized carbons (Fsp3) is 1.00. The molecule has 80 valence electrons. The van der Waals surface area contributed by atoms with Crippen molar-refractivity contribution < 1.29 is 4.74 Å². The van der Waals surface area contributed by atoms with Crippen LogP contribution in [0, 0.1) is 5.92 Å². The zero-order chi connectivity index (χ0) is 10.5. The maximum absolute atomic E-state index is 6.03. The lowest BCUT2D eigenvalue weighted by Gasteiger charge is -2.29. The second kappa shape index (κ2) is 5.61. The minimum Gasteiger partial charge on any atom is -0.379 e. The standard InChI is InChI=1S/C11H25NO/c1-6-7-10(12)9(2)8-11(3,4)13-5/h9-10H,6-8,12H2,1-5H3. The lowest BCUT2D eigenvalue weighted by molar-refractivity contribution is 0.000857. The third-order valence-electron chi connectivity index (χ3n) is 2.72. The Balaban J connectivity index is 3.91. The van der Waals surface area contributed by atoms with E-state index in [1.165, 1.54) is 6.42 Å². The molecule has 0 radical (unpaired) electrons. The van der Waals surface area contributed by atoms with Gasteiger partial charge in [0.25, 0.3) is 0 Å². The molecule has 0 fully saturated rings. The predicted octanol–water partition coefficient (Wildman–Crippen LogP) is 2.57. The fourth-order valence-electron chi connectivity index (χ4n) is 1.63. The van der Waals surface area contributed by atoms with Crippen LogP contribution < -0.4 is 5.73 Å². The van der Waals surface area contributed by atoms with Crippen LogP contribution in [0.1, 0.15) is 47.0 Å². The molecule has 0 rings (SSSR count). The van der Waals surface area contributed by atoms with Crippen molar-refractivity contribution in [3.05, 3.63) is 0 Å². The van der Waals surface area contributed by atoms with Crippen molar-refractivity contribution in [2.45, 2.75) is 58.6 Å². The minimum absolute atomic E-state index is 0.0369. The van der Waals surface area contributed by atoms with Crippen LogP contribution in [0.2, 0.25) is 0 Å². The number of methoxy groups -OCH3 is 1. The van der Waals surface area contributed by atoms with Gasteiger partial charge in [-0.2, -0.15) is 0 Å². The summed E-state index contributed by atoms with van der Waals surface area (Å²) in [4.78, 5) is 0. The summed E-state index contributed by atoms with van der Waals surface area (Å²) in [5.41, 5.74) is 6.00. The highest BCUT2D eigenvalue weighted by Crippen LogP contribution is 2.22. The van der Waals surface area contributed by atoms with Gasteiger partial charge in [-0.15, -0.1) is 0 Å². The van der Waals surface area contributed by atoms with Crippen LogP contribution in [0.15, 0.2) is 0 Å². The fourth-order valence-corrected chi connectivity index (χ4v) is 1.63. The molecule has 2 unspecified atom stereocenters. The SMILES string of the molecule is CCCC(N)C(C)CC(C)(C)OC. The van der Waals surface area contributed by atoms with Crippen molar-refractivity contribution in [1.29, 1.82) is 0 Å². The van der Waals surface area contributed by atoms with Crippen LogP contribution >= 0.6 is 0 Å². The Kier molecular flexibility index (Phi) is 5.57. The molecule has 0 aromatic rings. The second-order valence-electron chi connectivity index (χ2n) is 4.60. The molecule has 2 atom stereocenters. The van der Waals surface area contributed by atoms with E-state index in [2.05, 4.69) is 27.7 Å². The molecule has 0 saturated heterocycles. The van der Waals surface area contributed by atoms with Crippen molar-refractivity contribution in [3.8, 4) is 0 Å². The highest BCUT2D eigenvalue weighted by Gasteiger charge is 2.23. The zero-order valence-corrected chi connectivity index (χ0v) is 9.76. The molecule has 0 aliphatic heterocycles. The Morgan fingerprint density at radius 1 is 1.38 bits per heavy atom.